The number of esters is 1. The minimum absolute atomic E-state index is 0.383. The first-order chi connectivity index (χ1) is 12.6. The summed E-state index contributed by atoms with van der Waals surface area (Å²) in [7, 11) is 0. The minimum Gasteiger partial charge on any atom is -0.488 e. The molecule has 0 spiro atoms. The Morgan fingerprint density at radius 1 is 1.27 bits per heavy atom. The van der Waals surface area contributed by atoms with Gasteiger partial charge >= 0.3 is 12.0 Å². The minimum atomic E-state index is -0.679. The maximum Gasteiger partial charge on any atom is 0.348 e. The molecular formula is C18H18N2O5S. The highest BCUT2D eigenvalue weighted by atomic mass is 32.1. The number of ether oxygens (including phenoxy) is 2. The van der Waals surface area contributed by atoms with Crippen LogP contribution in [0.5, 0.6) is 5.75 Å². The zero-order valence-electron chi connectivity index (χ0n) is 14.2. The number of nitrogens with one attached hydrogen (secondary N) is 2. The van der Waals surface area contributed by atoms with Gasteiger partial charge in [-0.25, -0.2) is 9.59 Å². The summed E-state index contributed by atoms with van der Waals surface area (Å²) >= 11 is 1.30. The van der Waals surface area contributed by atoms with E-state index in [0.29, 0.717) is 18.0 Å². The Morgan fingerprint density at radius 3 is 2.88 bits per heavy atom. The van der Waals surface area contributed by atoms with E-state index in [-0.39, 0.29) is 0 Å². The number of amides is 3. The monoisotopic (exact) mass is 374 g/mol. The van der Waals surface area contributed by atoms with Crippen LogP contribution in [0.4, 0.5) is 4.79 Å². The number of urea groups is 1. The average molecular weight is 374 g/mol. The van der Waals surface area contributed by atoms with Gasteiger partial charge in [-0.1, -0.05) is 19.1 Å². The molecule has 0 radical (unpaired) electrons. The van der Waals surface area contributed by atoms with E-state index < -0.39 is 24.5 Å². The van der Waals surface area contributed by atoms with Crippen LogP contribution >= 0.6 is 11.3 Å². The van der Waals surface area contributed by atoms with E-state index in [2.05, 4.69) is 10.6 Å². The molecule has 0 atom stereocenters. The molecule has 7 nitrogen and oxygen atoms in total. The largest absolute Gasteiger partial charge is 0.488 e. The lowest BCUT2D eigenvalue weighted by molar-refractivity contribution is -0.123. The van der Waals surface area contributed by atoms with Crippen LogP contribution in [0.3, 0.4) is 0 Å². The second kappa shape index (κ2) is 8.01. The number of benzene rings is 1. The molecule has 0 saturated carbocycles. The number of thiophene rings is 1. The third kappa shape index (κ3) is 4.02. The number of fused-ring (bicyclic) bond motifs is 3. The summed E-state index contributed by atoms with van der Waals surface area (Å²) in [6.07, 6.45) is 0.756. The zero-order chi connectivity index (χ0) is 18.5. The van der Waals surface area contributed by atoms with Gasteiger partial charge in [-0.05, 0) is 24.6 Å². The number of imide groups is 1. The van der Waals surface area contributed by atoms with Crippen molar-refractivity contribution in [1.82, 2.24) is 10.6 Å². The van der Waals surface area contributed by atoms with Gasteiger partial charge < -0.3 is 14.8 Å². The highest BCUT2D eigenvalue weighted by Crippen LogP contribution is 2.42. The van der Waals surface area contributed by atoms with E-state index in [9.17, 15) is 14.4 Å². The van der Waals surface area contributed by atoms with E-state index in [1.165, 1.54) is 11.3 Å². The third-order valence-electron chi connectivity index (χ3n) is 3.65. The van der Waals surface area contributed by atoms with Gasteiger partial charge in [0.1, 0.15) is 17.2 Å². The topological polar surface area (TPSA) is 93.7 Å². The van der Waals surface area contributed by atoms with Crippen molar-refractivity contribution in [3.8, 4) is 16.2 Å². The van der Waals surface area contributed by atoms with Crippen LogP contribution in [-0.2, 0) is 16.1 Å². The SMILES string of the molecule is CCCNC(=O)NC(=O)COC(=O)c1cc2c(s1)-c1ccccc1OC2. The molecule has 0 bridgehead atoms. The highest BCUT2D eigenvalue weighted by molar-refractivity contribution is 7.17. The molecule has 0 saturated heterocycles. The van der Waals surface area contributed by atoms with E-state index in [1.807, 2.05) is 31.2 Å². The molecule has 26 heavy (non-hydrogen) atoms. The molecular weight excluding hydrogens is 356 g/mol. The molecule has 2 N–H and O–H groups in total. The van der Waals surface area contributed by atoms with Crippen LogP contribution in [0.15, 0.2) is 30.3 Å². The second-order valence-corrected chi connectivity index (χ2v) is 6.68. The number of rotatable bonds is 5. The van der Waals surface area contributed by atoms with Gasteiger partial charge in [-0.15, -0.1) is 11.3 Å². The van der Waals surface area contributed by atoms with Crippen molar-refractivity contribution in [2.75, 3.05) is 13.2 Å². The first kappa shape index (κ1) is 17.9. The third-order valence-corrected chi connectivity index (χ3v) is 4.84. The number of carbonyl (C=O) groups is 3. The van der Waals surface area contributed by atoms with Gasteiger partial charge in [0.2, 0.25) is 0 Å². The summed E-state index contributed by atoms with van der Waals surface area (Å²) in [5.41, 5.74) is 1.84. The van der Waals surface area contributed by atoms with Crippen molar-refractivity contribution in [3.63, 3.8) is 0 Å². The quantitative estimate of drug-likeness (QED) is 0.785. The van der Waals surface area contributed by atoms with Gasteiger partial charge in [0.15, 0.2) is 6.61 Å². The first-order valence-electron chi connectivity index (χ1n) is 8.18. The van der Waals surface area contributed by atoms with Crippen LogP contribution in [-0.4, -0.2) is 31.1 Å². The second-order valence-electron chi connectivity index (χ2n) is 5.63. The van der Waals surface area contributed by atoms with E-state index in [0.717, 1.165) is 28.2 Å². The lowest BCUT2D eigenvalue weighted by Gasteiger charge is -2.16. The lowest BCUT2D eigenvalue weighted by Crippen LogP contribution is -2.41. The Bertz CT molecular complexity index is 846. The highest BCUT2D eigenvalue weighted by Gasteiger charge is 2.23. The zero-order valence-corrected chi connectivity index (χ0v) is 15.0. The molecule has 3 amide bonds. The summed E-state index contributed by atoms with van der Waals surface area (Å²) in [5.74, 6) is -0.507. The van der Waals surface area contributed by atoms with Crippen LogP contribution in [0.1, 0.15) is 28.6 Å². The average Bonchev–Trinajstić information content (AvgIpc) is 3.09. The maximum absolute atomic E-state index is 12.2. The number of hydrogen-bond acceptors (Lipinski definition) is 6. The summed E-state index contributed by atoms with van der Waals surface area (Å²) in [4.78, 5) is 36.6. The van der Waals surface area contributed by atoms with Crippen molar-refractivity contribution in [1.29, 1.82) is 0 Å². The number of para-hydroxylation sites is 1. The molecule has 3 rings (SSSR count). The Hall–Kier alpha value is -2.87. The van der Waals surface area contributed by atoms with Gasteiger partial charge in [-0.2, -0.15) is 0 Å². The molecule has 1 aliphatic rings. The fraction of sp³-hybridized carbons (Fsp3) is 0.278. The normalized spacial score (nSPS) is 11.6. The smallest absolute Gasteiger partial charge is 0.348 e. The van der Waals surface area contributed by atoms with Crippen molar-refractivity contribution < 1.29 is 23.9 Å². The summed E-state index contributed by atoms with van der Waals surface area (Å²) in [6, 6.07) is 8.72. The lowest BCUT2D eigenvalue weighted by atomic mass is 10.1. The Labute approximate surface area is 154 Å². The molecule has 0 aliphatic carbocycles. The van der Waals surface area contributed by atoms with Crippen molar-refractivity contribution in [3.05, 3.63) is 40.8 Å². The Morgan fingerprint density at radius 2 is 2.08 bits per heavy atom. The molecule has 1 aliphatic heterocycles. The molecule has 1 aromatic heterocycles. The van der Waals surface area contributed by atoms with Gasteiger partial charge in [0.25, 0.3) is 5.91 Å². The standard InChI is InChI=1S/C18H18N2O5S/c1-2-7-19-18(23)20-15(21)10-25-17(22)14-8-11-9-24-13-6-4-3-5-12(13)16(11)26-14/h3-6,8H,2,7,9-10H2,1H3,(H2,19,20,21,23). The summed E-state index contributed by atoms with van der Waals surface area (Å²) < 4.78 is 10.7. The van der Waals surface area contributed by atoms with E-state index >= 15 is 0 Å². The first-order valence-corrected chi connectivity index (χ1v) is 9.00. The molecule has 136 valence electrons. The summed E-state index contributed by atoms with van der Waals surface area (Å²) in [5, 5.41) is 4.60. The molecule has 0 unspecified atom stereocenters. The predicted octanol–water partition coefficient (Wildman–Crippen LogP) is 2.70. The molecule has 8 heteroatoms. The van der Waals surface area contributed by atoms with Crippen molar-refractivity contribution >= 4 is 29.2 Å². The summed E-state index contributed by atoms with van der Waals surface area (Å²) in [6.45, 7) is 2.22. The number of carbonyl (C=O) groups excluding carboxylic acids is 3. The van der Waals surface area contributed by atoms with Crippen molar-refractivity contribution in [2.24, 2.45) is 0 Å². The molecule has 2 heterocycles. The predicted molar refractivity (Wildman–Crippen MR) is 96.2 cm³/mol. The fourth-order valence-corrected chi connectivity index (χ4v) is 3.54. The molecule has 0 fully saturated rings. The molecule has 1 aromatic carbocycles. The Kier molecular flexibility index (Phi) is 5.52. The van der Waals surface area contributed by atoms with Crippen LogP contribution < -0.4 is 15.4 Å². The van der Waals surface area contributed by atoms with Crippen LogP contribution in [0.2, 0.25) is 0 Å². The van der Waals surface area contributed by atoms with Gasteiger partial charge in [-0.3, -0.25) is 10.1 Å². The number of hydrogen-bond donors (Lipinski definition) is 2. The van der Waals surface area contributed by atoms with E-state index in [1.54, 1.807) is 6.07 Å². The van der Waals surface area contributed by atoms with Crippen molar-refractivity contribution in [2.45, 2.75) is 20.0 Å². The van der Waals surface area contributed by atoms with Gasteiger partial charge in [0, 0.05) is 22.5 Å². The van der Waals surface area contributed by atoms with E-state index in [4.69, 9.17) is 9.47 Å². The van der Waals surface area contributed by atoms with Gasteiger partial charge in [0.05, 0.1) is 0 Å². The van der Waals surface area contributed by atoms with Crippen LogP contribution in [0.25, 0.3) is 10.4 Å². The fourth-order valence-electron chi connectivity index (χ4n) is 2.45. The molecule has 2 aromatic rings. The Balaban J connectivity index is 1.59. The van der Waals surface area contributed by atoms with Crippen LogP contribution in [0, 0.1) is 0 Å². The maximum atomic E-state index is 12.2.